The Morgan fingerprint density at radius 2 is 2.00 bits per heavy atom. The zero-order valence-electron chi connectivity index (χ0n) is 13.5. The van der Waals surface area contributed by atoms with Crippen LogP contribution in [0.4, 0.5) is 0 Å². The number of imidazole rings is 2. The van der Waals surface area contributed by atoms with E-state index in [1.165, 1.54) is 12.1 Å². The number of aromatic amines is 2. The molecule has 25 heavy (non-hydrogen) atoms. The normalized spacial score (nSPS) is 12.1. The molecule has 3 N–H and O–H groups in total. The Morgan fingerprint density at radius 1 is 1.28 bits per heavy atom. The largest absolute Gasteiger partial charge is 0.335 e. The number of nitrogens with one attached hydrogen (secondary N) is 3. The van der Waals surface area contributed by atoms with E-state index in [1.54, 1.807) is 6.20 Å². The van der Waals surface area contributed by atoms with Crippen molar-refractivity contribution in [3.63, 3.8) is 0 Å². The van der Waals surface area contributed by atoms with E-state index in [0.717, 1.165) is 12.2 Å². The highest BCUT2D eigenvalue weighted by Crippen LogP contribution is 2.25. The van der Waals surface area contributed by atoms with Gasteiger partial charge in [0.1, 0.15) is 10.7 Å². The first kappa shape index (κ1) is 17.7. The molecule has 2 heterocycles. The minimum atomic E-state index is -3.77. The molecule has 0 spiro atoms. The minimum Gasteiger partial charge on any atom is -0.335 e. The van der Waals surface area contributed by atoms with E-state index >= 15 is 0 Å². The van der Waals surface area contributed by atoms with E-state index in [-0.39, 0.29) is 16.5 Å². The Labute approximate surface area is 149 Å². The molecule has 0 atom stereocenters. The molecular weight excluding hydrogens is 366 g/mol. The van der Waals surface area contributed by atoms with Crippen LogP contribution in [-0.4, -0.2) is 34.5 Å². The number of benzene rings is 1. The third-order valence-corrected chi connectivity index (χ3v) is 5.77. The number of H-pyrrole nitrogens is 2. The summed E-state index contributed by atoms with van der Waals surface area (Å²) in [5.74, 6) is 0.966. The highest BCUT2D eigenvalue weighted by atomic mass is 35.5. The summed E-state index contributed by atoms with van der Waals surface area (Å²) in [7, 11) is -3.77. The number of halogens is 1. The molecule has 3 aromatic rings. The number of aryl methyl sites for hydroxylation is 2. The minimum absolute atomic E-state index is 0.0538. The number of nitrogens with zero attached hydrogens (tertiary/aromatic N) is 2. The van der Waals surface area contributed by atoms with Gasteiger partial charge < -0.3 is 14.5 Å². The second kappa shape index (κ2) is 7.03. The summed E-state index contributed by atoms with van der Waals surface area (Å²) < 4.78 is 29.5. The van der Waals surface area contributed by atoms with Crippen LogP contribution in [0.25, 0.3) is 11.0 Å². The van der Waals surface area contributed by atoms with Crippen molar-refractivity contribution in [2.75, 3.05) is 6.54 Å². The fourth-order valence-corrected chi connectivity index (χ4v) is 4.26. The van der Waals surface area contributed by atoms with Crippen LogP contribution >= 0.6 is 11.6 Å². The molecule has 8 nitrogen and oxygen atoms in total. The van der Waals surface area contributed by atoms with Crippen molar-refractivity contribution in [1.82, 2.24) is 24.2 Å². The molecule has 3 rings (SSSR count). The lowest BCUT2D eigenvalue weighted by Crippen LogP contribution is -2.26. The zero-order chi connectivity index (χ0) is 18.0. The van der Waals surface area contributed by atoms with Crippen LogP contribution in [0.2, 0.25) is 5.02 Å². The molecule has 0 aliphatic heterocycles. The number of sulfonamides is 1. The summed E-state index contributed by atoms with van der Waals surface area (Å²) in [4.78, 5) is 20.5. The van der Waals surface area contributed by atoms with Crippen molar-refractivity contribution < 1.29 is 8.42 Å². The summed E-state index contributed by atoms with van der Waals surface area (Å²) in [6.07, 6.45) is 5.04. The van der Waals surface area contributed by atoms with Gasteiger partial charge in [-0.1, -0.05) is 18.5 Å². The first-order valence-corrected chi connectivity index (χ1v) is 9.68. The van der Waals surface area contributed by atoms with Crippen molar-refractivity contribution in [2.45, 2.75) is 31.2 Å². The van der Waals surface area contributed by atoms with Crippen LogP contribution in [0.3, 0.4) is 0 Å². The molecule has 134 valence electrons. The average molecular weight is 384 g/mol. The monoisotopic (exact) mass is 383 g/mol. The smallest absolute Gasteiger partial charge is 0.323 e. The van der Waals surface area contributed by atoms with Crippen LogP contribution in [0.15, 0.2) is 34.2 Å². The van der Waals surface area contributed by atoms with Gasteiger partial charge in [-0.15, -0.1) is 0 Å². The average Bonchev–Trinajstić information content (AvgIpc) is 3.15. The number of hydrogen-bond donors (Lipinski definition) is 3. The van der Waals surface area contributed by atoms with Gasteiger partial charge in [-0.05, 0) is 18.6 Å². The molecule has 0 radical (unpaired) electrons. The van der Waals surface area contributed by atoms with Gasteiger partial charge in [0.2, 0.25) is 10.0 Å². The molecule has 2 aromatic heterocycles. The van der Waals surface area contributed by atoms with E-state index in [1.807, 2.05) is 17.7 Å². The van der Waals surface area contributed by atoms with E-state index in [0.29, 0.717) is 24.0 Å². The second-order valence-electron chi connectivity index (χ2n) is 5.55. The van der Waals surface area contributed by atoms with Gasteiger partial charge in [0.25, 0.3) is 0 Å². The quantitative estimate of drug-likeness (QED) is 0.538. The third kappa shape index (κ3) is 3.78. The molecule has 10 heteroatoms. The fraction of sp³-hybridized carbons (Fsp3) is 0.333. The van der Waals surface area contributed by atoms with Crippen molar-refractivity contribution >= 4 is 32.7 Å². The first-order valence-electron chi connectivity index (χ1n) is 7.82. The SMILES string of the molecule is CCc1nccn1CCCNS(=O)(=O)c1cc2[nH]c(=O)[nH]c2cc1Cl. The van der Waals surface area contributed by atoms with E-state index in [9.17, 15) is 13.2 Å². The predicted molar refractivity (Wildman–Crippen MR) is 95.3 cm³/mol. The highest BCUT2D eigenvalue weighted by molar-refractivity contribution is 7.89. The summed E-state index contributed by atoms with van der Waals surface area (Å²) in [5.41, 5.74) is 0.433. The van der Waals surface area contributed by atoms with Crippen LogP contribution < -0.4 is 10.4 Å². The highest BCUT2D eigenvalue weighted by Gasteiger charge is 2.19. The van der Waals surface area contributed by atoms with Gasteiger partial charge in [-0.2, -0.15) is 0 Å². The lowest BCUT2D eigenvalue weighted by molar-refractivity contribution is 0.565. The van der Waals surface area contributed by atoms with Crippen LogP contribution in [0.5, 0.6) is 0 Å². The molecule has 0 saturated carbocycles. The van der Waals surface area contributed by atoms with Crippen molar-refractivity contribution in [1.29, 1.82) is 0 Å². The van der Waals surface area contributed by atoms with Crippen molar-refractivity contribution in [2.24, 2.45) is 0 Å². The van der Waals surface area contributed by atoms with Crippen LogP contribution in [0.1, 0.15) is 19.2 Å². The molecule has 0 amide bonds. The number of hydrogen-bond acceptors (Lipinski definition) is 4. The first-order chi connectivity index (χ1) is 11.9. The molecule has 0 fully saturated rings. The topological polar surface area (TPSA) is 113 Å². The molecular formula is C15H18ClN5O3S. The van der Waals surface area contributed by atoms with Crippen molar-refractivity contribution in [3.05, 3.63) is 45.9 Å². The summed E-state index contributed by atoms with van der Waals surface area (Å²) >= 11 is 6.06. The Hall–Kier alpha value is -2.10. The van der Waals surface area contributed by atoms with Crippen LogP contribution in [-0.2, 0) is 23.0 Å². The molecule has 0 saturated heterocycles. The standard InChI is InChI=1S/C15H18ClN5O3S/c1-2-14-17-5-7-21(14)6-3-4-18-25(23,24)13-9-12-11(8-10(13)16)19-15(22)20-12/h5,7-9,18H,2-4,6H2,1H3,(H2,19,20,22). The second-order valence-corrected chi connectivity index (χ2v) is 7.69. The lowest BCUT2D eigenvalue weighted by atomic mass is 10.3. The Balaban J connectivity index is 1.69. The van der Waals surface area contributed by atoms with Gasteiger partial charge in [0, 0.05) is 31.9 Å². The van der Waals surface area contributed by atoms with E-state index < -0.39 is 15.7 Å². The fourth-order valence-electron chi connectivity index (χ4n) is 2.63. The van der Waals surface area contributed by atoms with Gasteiger partial charge >= 0.3 is 5.69 Å². The summed E-state index contributed by atoms with van der Waals surface area (Å²) in [6.45, 7) is 2.95. The lowest BCUT2D eigenvalue weighted by Gasteiger charge is -2.10. The maximum Gasteiger partial charge on any atom is 0.323 e. The Bertz CT molecular complexity index is 1050. The molecule has 0 bridgehead atoms. The third-order valence-electron chi connectivity index (χ3n) is 3.84. The predicted octanol–water partition coefficient (Wildman–Crippen LogP) is 1.64. The van der Waals surface area contributed by atoms with E-state index in [4.69, 9.17) is 11.6 Å². The molecule has 0 unspecified atom stereocenters. The van der Waals surface area contributed by atoms with Crippen molar-refractivity contribution in [3.8, 4) is 0 Å². The van der Waals surface area contributed by atoms with Gasteiger partial charge in [-0.3, -0.25) is 0 Å². The summed E-state index contributed by atoms with van der Waals surface area (Å²) in [5, 5.41) is 0.0538. The number of rotatable bonds is 7. The van der Waals surface area contributed by atoms with E-state index in [2.05, 4.69) is 19.7 Å². The Kier molecular flexibility index (Phi) is 4.98. The maximum atomic E-state index is 12.5. The Morgan fingerprint density at radius 3 is 2.72 bits per heavy atom. The number of aromatic nitrogens is 4. The van der Waals surface area contributed by atoms with Crippen LogP contribution in [0, 0.1) is 0 Å². The number of fused-ring (bicyclic) bond motifs is 1. The summed E-state index contributed by atoms with van der Waals surface area (Å²) in [6, 6.07) is 2.77. The van der Waals surface area contributed by atoms with Gasteiger partial charge in [-0.25, -0.2) is 22.9 Å². The van der Waals surface area contributed by atoms with Gasteiger partial charge in [0.15, 0.2) is 0 Å². The molecule has 1 aromatic carbocycles. The van der Waals surface area contributed by atoms with Gasteiger partial charge in [0.05, 0.1) is 16.1 Å². The maximum absolute atomic E-state index is 12.5. The molecule has 0 aliphatic carbocycles. The zero-order valence-corrected chi connectivity index (χ0v) is 15.1. The molecule has 0 aliphatic rings.